The van der Waals surface area contributed by atoms with E-state index in [-0.39, 0.29) is 5.91 Å². The molecule has 0 aliphatic heterocycles. The first-order chi connectivity index (χ1) is 13.5. The van der Waals surface area contributed by atoms with Gasteiger partial charge in [0.1, 0.15) is 12.4 Å². The van der Waals surface area contributed by atoms with Gasteiger partial charge in [0, 0.05) is 12.6 Å². The van der Waals surface area contributed by atoms with Crippen molar-refractivity contribution in [2.45, 2.75) is 45.6 Å². The van der Waals surface area contributed by atoms with E-state index in [2.05, 4.69) is 17.0 Å². The highest BCUT2D eigenvalue weighted by atomic mass is 32.1. The predicted octanol–water partition coefficient (Wildman–Crippen LogP) is 2.66. The summed E-state index contributed by atoms with van der Waals surface area (Å²) in [6.07, 6.45) is 3.94. The number of hydrogen-bond donors (Lipinski definition) is 1. The normalized spacial score (nSPS) is 13.5. The molecule has 0 bridgehead atoms. The Bertz CT molecular complexity index is 900. The monoisotopic (exact) mass is 401 g/mol. The first-order valence-corrected chi connectivity index (χ1v) is 9.82. The molecule has 1 amide bonds. The molecule has 0 saturated heterocycles. The van der Waals surface area contributed by atoms with Gasteiger partial charge in [0.15, 0.2) is 10.6 Å². The second-order valence-electron chi connectivity index (χ2n) is 7.20. The van der Waals surface area contributed by atoms with Crippen molar-refractivity contribution in [3.63, 3.8) is 0 Å². The van der Waals surface area contributed by atoms with Crippen molar-refractivity contribution >= 4 is 18.1 Å². The summed E-state index contributed by atoms with van der Waals surface area (Å²) >= 11 is 5.57. The van der Waals surface area contributed by atoms with Crippen molar-refractivity contribution in [1.29, 1.82) is 0 Å². The molecule has 3 rings (SSSR count). The Kier molecular flexibility index (Phi) is 6.64. The van der Waals surface area contributed by atoms with Crippen LogP contribution < -0.4 is 10.1 Å². The van der Waals surface area contributed by atoms with Crippen molar-refractivity contribution in [1.82, 2.24) is 24.6 Å². The zero-order chi connectivity index (χ0) is 20.1. The minimum absolute atomic E-state index is 0.0325. The summed E-state index contributed by atoms with van der Waals surface area (Å²) in [7, 11) is 1.88. The summed E-state index contributed by atoms with van der Waals surface area (Å²) in [4.78, 5) is 13.9. The molecule has 150 valence electrons. The lowest BCUT2D eigenvalue weighted by atomic mass is 10.2. The third-order valence-electron chi connectivity index (χ3n) is 4.40. The summed E-state index contributed by atoms with van der Waals surface area (Å²) < 4.78 is 10.1. The molecule has 0 unspecified atom stereocenters. The van der Waals surface area contributed by atoms with Crippen LogP contribution in [-0.4, -0.2) is 44.8 Å². The number of amides is 1. The lowest BCUT2D eigenvalue weighted by Gasteiger charge is -2.15. The van der Waals surface area contributed by atoms with E-state index in [1.165, 1.54) is 0 Å². The molecular formula is C20H27N5O2S. The number of likely N-dealkylation sites (N-methyl/N-ethyl adjacent to an activating group) is 1. The fraction of sp³-hybridized carbons (Fsp3) is 0.450. The smallest absolute Gasteiger partial charge is 0.234 e. The molecular weight excluding hydrogens is 374 g/mol. The van der Waals surface area contributed by atoms with Gasteiger partial charge in [0.05, 0.1) is 13.2 Å². The number of nitrogens with one attached hydrogen (secondary N) is 1. The second kappa shape index (κ2) is 9.16. The molecule has 1 aromatic carbocycles. The minimum atomic E-state index is 0.0325. The van der Waals surface area contributed by atoms with E-state index in [9.17, 15) is 4.79 Å². The van der Waals surface area contributed by atoms with Crippen LogP contribution in [0.3, 0.4) is 0 Å². The van der Waals surface area contributed by atoms with E-state index in [0.29, 0.717) is 37.2 Å². The van der Waals surface area contributed by atoms with Gasteiger partial charge in [0.25, 0.3) is 0 Å². The third-order valence-corrected chi connectivity index (χ3v) is 4.83. The SMILES string of the molecule is C=CCn1c(COc2cccc(C)c2)nn(CN(C)CC(=O)NC2CC2)c1=S. The number of allylic oxidation sites excluding steroid dienone is 1. The summed E-state index contributed by atoms with van der Waals surface area (Å²) in [5, 5.41) is 7.61. The number of benzene rings is 1. The number of nitrogens with zero attached hydrogens (tertiary/aromatic N) is 4. The van der Waals surface area contributed by atoms with Gasteiger partial charge in [-0.2, -0.15) is 5.10 Å². The Morgan fingerprint density at radius 2 is 2.29 bits per heavy atom. The zero-order valence-electron chi connectivity index (χ0n) is 16.4. The molecule has 1 aliphatic rings. The molecule has 0 spiro atoms. The fourth-order valence-electron chi connectivity index (χ4n) is 2.88. The summed E-state index contributed by atoms with van der Waals surface area (Å²) in [5.74, 6) is 1.55. The molecule has 0 radical (unpaired) electrons. The predicted molar refractivity (Wildman–Crippen MR) is 111 cm³/mol. The summed E-state index contributed by atoms with van der Waals surface area (Å²) in [5.41, 5.74) is 1.14. The zero-order valence-corrected chi connectivity index (χ0v) is 17.2. The number of hydrogen-bond acceptors (Lipinski definition) is 5. The Labute approximate surface area is 170 Å². The van der Waals surface area contributed by atoms with E-state index in [1.807, 2.05) is 47.7 Å². The van der Waals surface area contributed by atoms with Crippen molar-refractivity contribution < 1.29 is 9.53 Å². The maximum Gasteiger partial charge on any atom is 0.234 e. The highest BCUT2D eigenvalue weighted by Gasteiger charge is 2.23. The van der Waals surface area contributed by atoms with Crippen LogP contribution in [0, 0.1) is 11.7 Å². The maximum atomic E-state index is 12.0. The molecule has 0 atom stereocenters. The fourth-order valence-corrected chi connectivity index (χ4v) is 3.15. The minimum Gasteiger partial charge on any atom is -0.486 e. The van der Waals surface area contributed by atoms with E-state index < -0.39 is 0 Å². The van der Waals surface area contributed by atoms with Gasteiger partial charge in [-0.1, -0.05) is 18.2 Å². The van der Waals surface area contributed by atoms with Gasteiger partial charge in [-0.15, -0.1) is 6.58 Å². The van der Waals surface area contributed by atoms with Crippen LogP contribution >= 0.6 is 12.2 Å². The van der Waals surface area contributed by atoms with E-state index >= 15 is 0 Å². The van der Waals surface area contributed by atoms with Gasteiger partial charge in [0.2, 0.25) is 5.91 Å². The number of aryl methyl sites for hydroxylation is 1. The number of ether oxygens (including phenoxy) is 1. The van der Waals surface area contributed by atoms with E-state index in [0.717, 1.165) is 30.0 Å². The largest absolute Gasteiger partial charge is 0.486 e. The Hall–Kier alpha value is -2.45. The quantitative estimate of drug-likeness (QED) is 0.490. The maximum absolute atomic E-state index is 12.0. The molecule has 1 aromatic heterocycles. The van der Waals surface area contributed by atoms with Gasteiger partial charge in [-0.3, -0.25) is 14.3 Å². The van der Waals surface area contributed by atoms with Gasteiger partial charge < -0.3 is 10.1 Å². The van der Waals surface area contributed by atoms with Crippen molar-refractivity contribution in [2.24, 2.45) is 0 Å². The molecule has 8 heteroatoms. The standard InChI is InChI=1S/C20H27N5O2S/c1-4-10-24-18(13-27-17-7-5-6-15(2)11-17)22-25(20(24)28)14-23(3)12-19(26)21-16-8-9-16/h4-7,11,16H,1,8-10,12-14H2,2-3H3,(H,21,26). The van der Waals surface area contributed by atoms with E-state index in [1.54, 1.807) is 10.8 Å². The molecule has 28 heavy (non-hydrogen) atoms. The first kappa shape index (κ1) is 20.3. The number of carbonyl (C=O) groups excluding carboxylic acids is 1. The first-order valence-electron chi connectivity index (χ1n) is 9.41. The van der Waals surface area contributed by atoms with Crippen LogP contribution in [0.15, 0.2) is 36.9 Å². The number of carbonyl (C=O) groups is 1. The molecule has 1 heterocycles. The van der Waals surface area contributed by atoms with Gasteiger partial charge in [-0.25, -0.2) is 4.68 Å². The average molecular weight is 402 g/mol. The molecule has 7 nitrogen and oxygen atoms in total. The van der Waals surface area contributed by atoms with Gasteiger partial charge in [-0.05, 0) is 56.7 Å². The molecule has 1 aliphatic carbocycles. The number of aromatic nitrogens is 3. The van der Waals surface area contributed by atoms with E-state index in [4.69, 9.17) is 17.0 Å². The van der Waals surface area contributed by atoms with Crippen molar-refractivity contribution in [2.75, 3.05) is 13.6 Å². The Balaban J connectivity index is 1.67. The second-order valence-corrected chi connectivity index (χ2v) is 7.57. The van der Waals surface area contributed by atoms with Crippen molar-refractivity contribution in [3.8, 4) is 5.75 Å². The van der Waals surface area contributed by atoms with Crippen LogP contribution in [0.5, 0.6) is 5.75 Å². The van der Waals surface area contributed by atoms with Gasteiger partial charge >= 0.3 is 0 Å². The highest BCUT2D eigenvalue weighted by Crippen LogP contribution is 2.18. The number of rotatable bonds is 10. The molecule has 1 N–H and O–H groups in total. The van der Waals surface area contributed by atoms with Crippen LogP contribution in [0.2, 0.25) is 0 Å². The van der Waals surface area contributed by atoms with Crippen LogP contribution in [-0.2, 0) is 24.6 Å². The molecule has 1 fully saturated rings. The molecule has 1 saturated carbocycles. The lowest BCUT2D eigenvalue weighted by molar-refractivity contribution is -0.122. The lowest BCUT2D eigenvalue weighted by Crippen LogP contribution is -2.37. The Morgan fingerprint density at radius 1 is 1.50 bits per heavy atom. The topological polar surface area (TPSA) is 64.3 Å². The average Bonchev–Trinajstić information content (AvgIpc) is 3.40. The Morgan fingerprint density at radius 3 is 2.96 bits per heavy atom. The van der Waals surface area contributed by atoms with Crippen LogP contribution in [0.25, 0.3) is 0 Å². The third kappa shape index (κ3) is 5.53. The summed E-state index contributed by atoms with van der Waals surface area (Å²) in [6.45, 7) is 7.42. The van der Waals surface area contributed by atoms with Crippen LogP contribution in [0.1, 0.15) is 24.2 Å². The molecule has 2 aromatic rings. The van der Waals surface area contributed by atoms with Crippen LogP contribution in [0.4, 0.5) is 0 Å². The summed E-state index contributed by atoms with van der Waals surface area (Å²) in [6, 6.07) is 8.25. The van der Waals surface area contributed by atoms with Crippen molar-refractivity contribution in [3.05, 3.63) is 53.1 Å². The highest BCUT2D eigenvalue weighted by molar-refractivity contribution is 7.71.